The van der Waals surface area contributed by atoms with Crippen LogP contribution in [0.4, 0.5) is 29.2 Å². The van der Waals surface area contributed by atoms with Gasteiger partial charge in [0.15, 0.2) is 0 Å². The molecule has 4 heterocycles. The summed E-state index contributed by atoms with van der Waals surface area (Å²) < 4.78 is 5.18. The number of hydrogen-bond donors (Lipinski definition) is 3. The second-order valence-electron chi connectivity index (χ2n) is 6.01. The molecule has 1 aliphatic heterocycles. The van der Waals surface area contributed by atoms with E-state index >= 15 is 0 Å². The Hall–Kier alpha value is -3.79. The number of hydrazine groups is 1. The van der Waals surface area contributed by atoms with Crippen LogP contribution in [0.1, 0.15) is 5.56 Å². The average Bonchev–Trinajstić information content (AvgIpc) is 3.38. The Labute approximate surface area is 153 Å². The van der Waals surface area contributed by atoms with Gasteiger partial charge in [0, 0.05) is 30.9 Å². The Morgan fingerprint density at radius 2 is 2.19 bits per heavy atom. The maximum absolute atomic E-state index is 5.18. The summed E-state index contributed by atoms with van der Waals surface area (Å²) in [6, 6.07) is 8.24. The molecular weight excluding hydrogens is 346 g/mol. The molecule has 4 aromatic rings. The third-order valence-corrected chi connectivity index (χ3v) is 4.35. The summed E-state index contributed by atoms with van der Waals surface area (Å²) in [6.45, 7) is 0.767. The predicted octanol–water partition coefficient (Wildman–Crippen LogP) is 2.35. The maximum Gasteiger partial charge on any atom is 0.321 e. The Balaban J connectivity index is 1.58. The van der Waals surface area contributed by atoms with E-state index < -0.39 is 0 Å². The van der Waals surface area contributed by atoms with Gasteiger partial charge in [0.2, 0.25) is 12.3 Å². The fourth-order valence-electron chi connectivity index (χ4n) is 2.95. The van der Waals surface area contributed by atoms with E-state index in [0.717, 1.165) is 23.3 Å². The number of nitrogens with zero attached hydrogens (tertiary/aromatic N) is 6. The Morgan fingerprint density at radius 1 is 1.22 bits per heavy atom. The van der Waals surface area contributed by atoms with Crippen molar-refractivity contribution >= 4 is 40.1 Å². The number of benzene rings is 1. The third-order valence-electron chi connectivity index (χ3n) is 4.35. The van der Waals surface area contributed by atoms with Crippen molar-refractivity contribution in [1.29, 1.82) is 0 Å². The highest BCUT2D eigenvalue weighted by Crippen LogP contribution is 2.30. The van der Waals surface area contributed by atoms with E-state index in [-0.39, 0.29) is 6.01 Å². The van der Waals surface area contributed by atoms with Gasteiger partial charge >= 0.3 is 6.01 Å². The number of hydrogen-bond acceptors (Lipinski definition) is 10. The molecule has 1 aliphatic rings. The zero-order valence-corrected chi connectivity index (χ0v) is 14.3. The van der Waals surface area contributed by atoms with E-state index in [1.54, 1.807) is 12.4 Å². The van der Waals surface area contributed by atoms with Crippen LogP contribution < -0.4 is 21.1 Å². The molecule has 0 saturated carbocycles. The van der Waals surface area contributed by atoms with Gasteiger partial charge in [-0.25, -0.2) is 10.4 Å². The van der Waals surface area contributed by atoms with Crippen LogP contribution in [-0.4, -0.2) is 32.2 Å². The molecule has 3 N–H and O–H groups in total. The van der Waals surface area contributed by atoms with Gasteiger partial charge in [-0.2, -0.15) is 4.98 Å². The number of pyridine rings is 1. The Morgan fingerprint density at radius 3 is 3.07 bits per heavy atom. The van der Waals surface area contributed by atoms with Crippen molar-refractivity contribution in [3.63, 3.8) is 0 Å². The summed E-state index contributed by atoms with van der Waals surface area (Å²) in [6.07, 6.45) is 4.64. The van der Waals surface area contributed by atoms with Crippen molar-refractivity contribution in [2.75, 3.05) is 22.7 Å². The van der Waals surface area contributed by atoms with Crippen LogP contribution in [-0.2, 0) is 6.54 Å². The maximum atomic E-state index is 5.18. The molecule has 0 aliphatic carbocycles. The van der Waals surface area contributed by atoms with Crippen molar-refractivity contribution in [3.8, 4) is 0 Å². The van der Waals surface area contributed by atoms with Crippen molar-refractivity contribution in [1.82, 2.24) is 30.6 Å². The summed E-state index contributed by atoms with van der Waals surface area (Å²) in [4.78, 5) is 15.4. The van der Waals surface area contributed by atoms with Gasteiger partial charge in [0.1, 0.15) is 5.82 Å². The molecule has 0 bridgehead atoms. The zero-order valence-electron chi connectivity index (χ0n) is 14.3. The van der Waals surface area contributed by atoms with Crippen molar-refractivity contribution in [2.45, 2.75) is 6.54 Å². The monoisotopic (exact) mass is 361 g/mol. The van der Waals surface area contributed by atoms with Gasteiger partial charge in [-0.15, -0.1) is 5.10 Å². The van der Waals surface area contributed by atoms with E-state index in [2.05, 4.69) is 47.4 Å². The van der Waals surface area contributed by atoms with E-state index in [1.165, 1.54) is 12.0 Å². The molecule has 10 heteroatoms. The van der Waals surface area contributed by atoms with E-state index in [1.807, 2.05) is 30.1 Å². The summed E-state index contributed by atoms with van der Waals surface area (Å²) in [5, 5.41) is 11.4. The van der Waals surface area contributed by atoms with Gasteiger partial charge in [-0.1, -0.05) is 5.10 Å². The molecule has 0 saturated heterocycles. The highest BCUT2D eigenvalue weighted by molar-refractivity contribution is 5.90. The summed E-state index contributed by atoms with van der Waals surface area (Å²) in [5.74, 6) is 1.09. The first-order chi connectivity index (χ1) is 13.3. The lowest BCUT2D eigenvalue weighted by Crippen LogP contribution is -2.14. The molecule has 134 valence electrons. The van der Waals surface area contributed by atoms with Crippen molar-refractivity contribution in [3.05, 3.63) is 48.6 Å². The number of rotatable bonds is 4. The standard InChI is InChI=1S/C17H15N9O/c1-26(11-2-3-13-10(6-11)7-19-24-13)16-21-14-8-18-5-4-12(14)15(22-16)23-17-25-20-9-27-17/h2-6,8-9,19,24H,7H2,1H3,(H,21,22,23,25). The molecule has 0 spiro atoms. The van der Waals surface area contributed by atoms with Crippen LogP contribution in [0.25, 0.3) is 10.9 Å². The molecule has 0 fully saturated rings. The third kappa shape index (κ3) is 2.77. The SMILES string of the molecule is CN(c1ccc2c(c1)CNN2)c1nc(Nc2nnco2)c2ccncc2n1. The topological polar surface area (TPSA) is 117 Å². The summed E-state index contributed by atoms with van der Waals surface area (Å²) >= 11 is 0. The molecule has 0 amide bonds. The molecule has 3 aromatic heterocycles. The largest absolute Gasteiger partial charge is 0.411 e. The van der Waals surface area contributed by atoms with Gasteiger partial charge in [0.25, 0.3) is 0 Å². The minimum Gasteiger partial charge on any atom is -0.411 e. The first-order valence-electron chi connectivity index (χ1n) is 8.28. The first kappa shape index (κ1) is 15.5. The van der Waals surface area contributed by atoms with Crippen LogP contribution in [0.2, 0.25) is 0 Å². The molecular formula is C17H15N9O. The van der Waals surface area contributed by atoms with Crippen molar-refractivity contribution < 1.29 is 4.42 Å². The van der Waals surface area contributed by atoms with Crippen LogP contribution in [0.3, 0.4) is 0 Å². The molecule has 27 heavy (non-hydrogen) atoms. The number of anilines is 5. The van der Waals surface area contributed by atoms with E-state index in [0.29, 0.717) is 17.3 Å². The Bertz CT molecular complexity index is 1110. The quantitative estimate of drug-likeness (QED) is 0.500. The zero-order chi connectivity index (χ0) is 18.2. The van der Waals surface area contributed by atoms with Crippen molar-refractivity contribution in [2.24, 2.45) is 0 Å². The molecule has 1 aromatic carbocycles. The van der Waals surface area contributed by atoms with E-state index in [4.69, 9.17) is 4.42 Å². The predicted molar refractivity (Wildman–Crippen MR) is 99.9 cm³/mol. The van der Waals surface area contributed by atoms with Crippen LogP contribution in [0.5, 0.6) is 0 Å². The second-order valence-corrected chi connectivity index (χ2v) is 6.01. The number of fused-ring (bicyclic) bond motifs is 2. The molecule has 5 rings (SSSR count). The normalized spacial score (nSPS) is 12.6. The fourth-order valence-corrected chi connectivity index (χ4v) is 2.95. The minimum atomic E-state index is 0.259. The number of aromatic nitrogens is 5. The molecule has 10 nitrogen and oxygen atoms in total. The molecule has 0 atom stereocenters. The lowest BCUT2D eigenvalue weighted by atomic mass is 10.1. The molecule has 0 unspecified atom stereocenters. The minimum absolute atomic E-state index is 0.259. The lowest BCUT2D eigenvalue weighted by molar-refractivity contribution is 0.571. The van der Waals surface area contributed by atoms with Crippen LogP contribution in [0.15, 0.2) is 47.5 Å². The number of nitrogens with one attached hydrogen (secondary N) is 3. The van der Waals surface area contributed by atoms with Crippen LogP contribution >= 0.6 is 0 Å². The van der Waals surface area contributed by atoms with E-state index in [9.17, 15) is 0 Å². The summed E-state index contributed by atoms with van der Waals surface area (Å²) in [5.41, 5.74) is 10.2. The summed E-state index contributed by atoms with van der Waals surface area (Å²) in [7, 11) is 1.92. The lowest BCUT2D eigenvalue weighted by Gasteiger charge is -2.19. The smallest absolute Gasteiger partial charge is 0.321 e. The fraction of sp³-hybridized carbons (Fsp3) is 0.118. The first-order valence-corrected chi connectivity index (χ1v) is 8.28. The highest BCUT2D eigenvalue weighted by atomic mass is 16.4. The van der Waals surface area contributed by atoms with Gasteiger partial charge in [-0.3, -0.25) is 10.3 Å². The second kappa shape index (κ2) is 6.18. The average molecular weight is 361 g/mol. The van der Waals surface area contributed by atoms with Gasteiger partial charge < -0.3 is 14.7 Å². The Kier molecular flexibility index (Phi) is 3.54. The van der Waals surface area contributed by atoms with Gasteiger partial charge in [0.05, 0.1) is 17.4 Å². The molecule has 0 radical (unpaired) electrons. The van der Waals surface area contributed by atoms with Gasteiger partial charge in [-0.05, 0) is 29.8 Å². The highest BCUT2D eigenvalue weighted by Gasteiger charge is 2.16. The van der Waals surface area contributed by atoms with Crippen LogP contribution in [0, 0.1) is 0 Å².